The first kappa shape index (κ1) is 20.6. The van der Waals surface area contributed by atoms with E-state index in [1.54, 1.807) is 0 Å². The first-order valence-electron chi connectivity index (χ1n) is 8.45. The van der Waals surface area contributed by atoms with Crippen molar-refractivity contribution in [3.8, 4) is 0 Å². The number of nitrogens with zero attached hydrogens (tertiary/aromatic N) is 1. The van der Waals surface area contributed by atoms with Crippen molar-refractivity contribution in [2.45, 2.75) is 38.6 Å². The number of nitro benzene ring substituents is 1. The number of benzene rings is 1. The molecule has 0 heterocycles. The van der Waals surface area contributed by atoms with Gasteiger partial charge in [0.25, 0.3) is 11.6 Å². The number of hydrogen-bond donors (Lipinski definition) is 2. The largest absolute Gasteiger partial charge is 0.454 e. The van der Waals surface area contributed by atoms with E-state index in [0.717, 1.165) is 31.7 Å². The molecule has 1 saturated carbocycles. The summed E-state index contributed by atoms with van der Waals surface area (Å²) in [7, 11) is 0. The molecule has 1 aromatic carbocycles. The summed E-state index contributed by atoms with van der Waals surface area (Å²) >= 11 is 5.91. The molecule has 1 aliphatic rings. The second kappa shape index (κ2) is 9.31. The molecular formula is C17H20ClN3O6. The van der Waals surface area contributed by atoms with Crippen LogP contribution in [0.2, 0.25) is 5.02 Å². The van der Waals surface area contributed by atoms with Gasteiger partial charge in [0.2, 0.25) is 5.91 Å². The van der Waals surface area contributed by atoms with Crippen molar-refractivity contribution in [2.24, 2.45) is 5.92 Å². The highest BCUT2D eigenvalue weighted by Crippen LogP contribution is 2.29. The Bertz CT molecular complexity index is 748. The summed E-state index contributed by atoms with van der Waals surface area (Å²) in [5, 5.41) is 15.9. The molecule has 0 aromatic heterocycles. The van der Waals surface area contributed by atoms with Gasteiger partial charge in [0, 0.05) is 19.1 Å². The lowest BCUT2D eigenvalue weighted by molar-refractivity contribution is -0.384. The average molecular weight is 398 g/mol. The number of hydrogen-bond acceptors (Lipinski definition) is 6. The van der Waals surface area contributed by atoms with Gasteiger partial charge in [0.05, 0.1) is 15.6 Å². The number of carbonyl (C=O) groups excluding carboxylic acids is 3. The first-order valence-corrected chi connectivity index (χ1v) is 8.83. The van der Waals surface area contributed by atoms with Crippen molar-refractivity contribution in [3.63, 3.8) is 0 Å². The SMILES string of the molecule is CC(=O)NC(C(=O)OCC(=O)Nc1cc([N+](=O)[O-])ccc1Cl)C1CCCC1. The van der Waals surface area contributed by atoms with E-state index in [-0.39, 0.29) is 28.2 Å². The van der Waals surface area contributed by atoms with Crippen LogP contribution in [0.25, 0.3) is 0 Å². The highest BCUT2D eigenvalue weighted by molar-refractivity contribution is 6.33. The molecule has 146 valence electrons. The molecule has 1 unspecified atom stereocenters. The van der Waals surface area contributed by atoms with Gasteiger partial charge >= 0.3 is 5.97 Å². The molecule has 1 fully saturated rings. The predicted molar refractivity (Wildman–Crippen MR) is 97.3 cm³/mol. The Morgan fingerprint density at radius 2 is 2.00 bits per heavy atom. The summed E-state index contributed by atoms with van der Waals surface area (Å²) in [5.41, 5.74) is -0.195. The van der Waals surface area contributed by atoms with Crippen LogP contribution in [0.5, 0.6) is 0 Å². The number of nitrogens with one attached hydrogen (secondary N) is 2. The smallest absolute Gasteiger partial charge is 0.329 e. The van der Waals surface area contributed by atoms with Crippen LogP contribution in [0.4, 0.5) is 11.4 Å². The maximum absolute atomic E-state index is 12.3. The number of carbonyl (C=O) groups is 3. The van der Waals surface area contributed by atoms with Crippen molar-refractivity contribution in [2.75, 3.05) is 11.9 Å². The summed E-state index contributed by atoms with van der Waals surface area (Å²) in [6.07, 6.45) is 3.55. The molecule has 9 nitrogen and oxygen atoms in total. The van der Waals surface area contributed by atoms with E-state index < -0.39 is 29.4 Å². The second-order valence-electron chi connectivity index (χ2n) is 6.30. The summed E-state index contributed by atoms with van der Waals surface area (Å²) in [5.74, 6) is -1.75. The first-order chi connectivity index (χ1) is 12.8. The molecular weight excluding hydrogens is 378 g/mol. The normalized spacial score (nSPS) is 15.0. The van der Waals surface area contributed by atoms with Crippen molar-refractivity contribution in [1.82, 2.24) is 5.32 Å². The van der Waals surface area contributed by atoms with Crippen LogP contribution < -0.4 is 10.6 Å². The third-order valence-electron chi connectivity index (χ3n) is 4.26. The summed E-state index contributed by atoms with van der Waals surface area (Å²) in [6.45, 7) is 0.715. The van der Waals surface area contributed by atoms with Gasteiger partial charge in [-0.15, -0.1) is 0 Å². The zero-order chi connectivity index (χ0) is 20.0. The Morgan fingerprint density at radius 3 is 2.59 bits per heavy atom. The molecule has 0 radical (unpaired) electrons. The molecule has 10 heteroatoms. The van der Waals surface area contributed by atoms with Crippen LogP contribution in [0.3, 0.4) is 0 Å². The molecule has 2 amide bonds. The molecule has 0 aliphatic heterocycles. The number of ether oxygens (including phenoxy) is 1. The lowest BCUT2D eigenvalue weighted by Gasteiger charge is -2.22. The number of non-ortho nitro benzene ring substituents is 1. The van der Waals surface area contributed by atoms with E-state index in [9.17, 15) is 24.5 Å². The highest BCUT2D eigenvalue weighted by atomic mass is 35.5. The van der Waals surface area contributed by atoms with E-state index in [2.05, 4.69) is 10.6 Å². The summed E-state index contributed by atoms with van der Waals surface area (Å²) in [4.78, 5) is 45.8. The van der Waals surface area contributed by atoms with E-state index in [1.165, 1.54) is 19.1 Å². The number of nitro groups is 1. The monoisotopic (exact) mass is 397 g/mol. The van der Waals surface area contributed by atoms with E-state index in [1.807, 2.05) is 0 Å². The van der Waals surface area contributed by atoms with Gasteiger partial charge in [-0.25, -0.2) is 4.79 Å². The van der Waals surface area contributed by atoms with E-state index in [4.69, 9.17) is 16.3 Å². The van der Waals surface area contributed by atoms with Crippen LogP contribution in [0, 0.1) is 16.0 Å². The van der Waals surface area contributed by atoms with Crippen LogP contribution in [-0.4, -0.2) is 35.4 Å². The van der Waals surface area contributed by atoms with Crippen LogP contribution in [0.15, 0.2) is 18.2 Å². The van der Waals surface area contributed by atoms with E-state index in [0.29, 0.717) is 0 Å². The molecule has 27 heavy (non-hydrogen) atoms. The van der Waals surface area contributed by atoms with Gasteiger partial charge < -0.3 is 15.4 Å². The molecule has 1 aromatic rings. The van der Waals surface area contributed by atoms with Gasteiger partial charge in [-0.1, -0.05) is 24.4 Å². The maximum atomic E-state index is 12.3. The topological polar surface area (TPSA) is 128 Å². The fourth-order valence-electron chi connectivity index (χ4n) is 3.01. The zero-order valence-electron chi connectivity index (χ0n) is 14.7. The maximum Gasteiger partial charge on any atom is 0.329 e. The predicted octanol–water partition coefficient (Wildman–Crippen LogP) is 2.42. The molecule has 0 saturated heterocycles. The quantitative estimate of drug-likeness (QED) is 0.413. The van der Waals surface area contributed by atoms with Crippen LogP contribution in [-0.2, 0) is 19.1 Å². The zero-order valence-corrected chi connectivity index (χ0v) is 15.5. The minimum atomic E-state index is -0.792. The van der Waals surface area contributed by atoms with E-state index >= 15 is 0 Å². The standard InChI is InChI=1S/C17H20ClN3O6/c1-10(22)19-16(11-4-2-3-5-11)17(24)27-9-15(23)20-14-8-12(21(25)26)6-7-13(14)18/h6-8,11,16H,2-5,9H2,1H3,(H,19,22)(H,20,23). The number of halogens is 1. The Kier molecular flexibility index (Phi) is 7.12. The minimum Gasteiger partial charge on any atom is -0.454 e. The Balaban J connectivity index is 1.95. The fourth-order valence-corrected chi connectivity index (χ4v) is 3.18. The third kappa shape index (κ3) is 5.92. The van der Waals surface area contributed by atoms with Gasteiger partial charge in [-0.2, -0.15) is 0 Å². The summed E-state index contributed by atoms with van der Waals surface area (Å²) < 4.78 is 5.03. The van der Waals surface area contributed by atoms with Gasteiger partial charge in [-0.3, -0.25) is 19.7 Å². The van der Waals surface area contributed by atoms with Gasteiger partial charge in [0.15, 0.2) is 6.61 Å². The molecule has 1 aliphatic carbocycles. The van der Waals surface area contributed by atoms with Crippen molar-refractivity contribution < 1.29 is 24.0 Å². The fraction of sp³-hybridized carbons (Fsp3) is 0.471. The average Bonchev–Trinajstić information content (AvgIpc) is 3.13. The van der Waals surface area contributed by atoms with Crippen molar-refractivity contribution >= 4 is 40.8 Å². The van der Waals surface area contributed by atoms with Gasteiger partial charge in [-0.05, 0) is 24.8 Å². The van der Waals surface area contributed by atoms with Crippen LogP contribution in [0.1, 0.15) is 32.6 Å². The number of amides is 2. The van der Waals surface area contributed by atoms with Crippen molar-refractivity contribution in [3.05, 3.63) is 33.3 Å². The third-order valence-corrected chi connectivity index (χ3v) is 4.59. The second-order valence-corrected chi connectivity index (χ2v) is 6.71. The van der Waals surface area contributed by atoms with Gasteiger partial charge in [0.1, 0.15) is 6.04 Å². The number of esters is 1. The molecule has 2 N–H and O–H groups in total. The lowest BCUT2D eigenvalue weighted by Crippen LogP contribution is -2.46. The van der Waals surface area contributed by atoms with Crippen molar-refractivity contribution in [1.29, 1.82) is 0 Å². The Hall–Kier alpha value is -2.68. The lowest BCUT2D eigenvalue weighted by atomic mass is 9.98. The molecule has 0 spiro atoms. The Labute approximate surface area is 160 Å². The minimum absolute atomic E-state index is 0.0179. The molecule has 2 rings (SSSR count). The molecule has 0 bridgehead atoms. The number of anilines is 1. The highest BCUT2D eigenvalue weighted by Gasteiger charge is 2.32. The number of rotatable bonds is 7. The molecule has 1 atom stereocenters. The Morgan fingerprint density at radius 1 is 1.33 bits per heavy atom. The summed E-state index contributed by atoms with van der Waals surface area (Å²) in [6, 6.07) is 2.81. The van der Waals surface area contributed by atoms with Crippen LogP contribution >= 0.6 is 11.6 Å².